The zero-order chi connectivity index (χ0) is 39.3. The second-order valence-electron chi connectivity index (χ2n) is 17.5. The van der Waals surface area contributed by atoms with Gasteiger partial charge in [-0.1, -0.05) is 206 Å². The number of carbonyl (C=O) groups is 1. The summed E-state index contributed by atoms with van der Waals surface area (Å²) in [5.41, 5.74) is 2.37. The van der Waals surface area contributed by atoms with Crippen LogP contribution in [-0.2, 0) is 16.0 Å². The molecule has 1 unspecified atom stereocenters. The maximum atomic E-state index is 12.6. The molecule has 1 N–H and O–H groups in total. The third kappa shape index (κ3) is 29.8. The number of benzene rings is 1. The van der Waals surface area contributed by atoms with Gasteiger partial charge < -0.3 is 14.7 Å². The normalized spacial score (nSPS) is 12.4. The van der Waals surface area contributed by atoms with Crippen molar-refractivity contribution in [3.63, 3.8) is 0 Å². The topological polar surface area (TPSA) is 49.8 Å². The highest BCUT2D eigenvalue weighted by Crippen LogP contribution is 2.25. The Labute approximate surface area is 337 Å². The molecule has 316 valence electrons. The van der Waals surface area contributed by atoms with E-state index >= 15 is 0 Å². The predicted octanol–water partition coefficient (Wildman–Crippen LogP) is 14.8. The van der Waals surface area contributed by atoms with Crippen LogP contribution in [0.25, 0.3) is 0 Å². The number of ether oxygens (including phenoxy) is 1. The summed E-state index contributed by atoms with van der Waals surface area (Å²) in [7, 11) is 0. The van der Waals surface area contributed by atoms with E-state index in [0.29, 0.717) is 19.1 Å². The van der Waals surface area contributed by atoms with Crippen LogP contribution in [0, 0.1) is 11.8 Å². The SMILES string of the molecule is CCCCCCCCCCC(CCCCCCCCCC)CCCCCN(CCCCO)CCCCCCCOC(=O)C(C)c1ccc(CC(C)C)cc1. The number of aliphatic hydroxyl groups excluding tert-OH is 1. The molecule has 0 aliphatic heterocycles. The molecule has 0 saturated heterocycles. The lowest BCUT2D eigenvalue weighted by Crippen LogP contribution is -2.27. The molecule has 1 aromatic rings. The van der Waals surface area contributed by atoms with E-state index in [1.54, 1.807) is 0 Å². The number of esters is 1. The van der Waals surface area contributed by atoms with Gasteiger partial charge in [-0.05, 0) is 88.0 Å². The van der Waals surface area contributed by atoms with Crippen molar-refractivity contribution in [2.45, 2.75) is 233 Å². The van der Waals surface area contributed by atoms with Crippen molar-refractivity contribution < 1.29 is 14.6 Å². The van der Waals surface area contributed by atoms with Crippen LogP contribution < -0.4 is 0 Å². The van der Waals surface area contributed by atoms with Crippen LogP contribution in [0.4, 0.5) is 0 Å². The van der Waals surface area contributed by atoms with Crippen molar-refractivity contribution in [2.24, 2.45) is 11.8 Å². The fourth-order valence-corrected chi connectivity index (χ4v) is 8.11. The molecule has 0 amide bonds. The number of hydrogen-bond donors (Lipinski definition) is 1. The Kier molecular flexibility index (Phi) is 34.9. The fourth-order valence-electron chi connectivity index (χ4n) is 8.11. The van der Waals surface area contributed by atoms with Gasteiger partial charge in [-0.2, -0.15) is 0 Å². The van der Waals surface area contributed by atoms with Crippen LogP contribution in [0.3, 0.4) is 0 Å². The fraction of sp³-hybridized carbons (Fsp3) is 0.860. The van der Waals surface area contributed by atoms with Gasteiger partial charge in [0.15, 0.2) is 0 Å². The van der Waals surface area contributed by atoms with E-state index in [-0.39, 0.29) is 11.9 Å². The number of aliphatic hydroxyl groups is 1. The summed E-state index contributed by atoms with van der Waals surface area (Å²) in [6.07, 6.45) is 40.2. The van der Waals surface area contributed by atoms with Crippen LogP contribution in [0.15, 0.2) is 24.3 Å². The van der Waals surface area contributed by atoms with Gasteiger partial charge in [0.1, 0.15) is 0 Å². The minimum atomic E-state index is -0.212. The van der Waals surface area contributed by atoms with Gasteiger partial charge in [0.25, 0.3) is 0 Å². The number of unbranched alkanes of at least 4 members (excludes halogenated alkanes) is 21. The predicted molar refractivity (Wildman–Crippen MR) is 237 cm³/mol. The summed E-state index contributed by atoms with van der Waals surface area (Å²) in [6.45, 7) is 15.4. The molecule has 0 radical (unpaired) electrons. The number of carbonyl (C=O) groups excluding carboxylic acids is 1. The molecular formula is C50H93NO3. The Bertz CT molecular complexity index is 910. The van der Waals surface area contributed by atoms with Crippen molar-refractivity contribution >= 4 is 5.97 Å². The second-order valence-corrected chi connectivity index (χ2v) is 17.5. The average molecular weight is 756 g/mol. The number of rotatable bonds is 40. The molecule has 0 bridgehead atoms. The van der Waals surface area contributed by atoms with Crippen molar-refractivity contribution in [1.29, 1.82) is 0 Å². The highest BCUT2D eigenvalue weighted by molar-refractivity contribution is 5.77. The van der Waals surface area contributed by atoms with Gasteiger partial charge in [0.2, 0.25) is 0 Å². The van der Waals surface area contributed by atoms with Crippen LogP contribution in [-0.4, -0.2) is 48.8 Å². The first-order chi connectivity index (χ1) is 26.4. The van der Waals surface area contributed by atoms with Gasteiger partial charge in [-0.15, -0.1) is 0 Å². The summed E-state index contributed by atoms with van der Waals surface area (Å²) in [6, 6.07) is 8.48. The standard InChI is InChI=1S/C50H93NO3/c1-6-8-10-12-14-16-19-24-32-47(33-25-20-17-15-13-11-9-7-2)34-26-23-28-40-51(41-29-30-42-52)39-27-21-18-22-31-43-54-50(53)46(5)49-37-35-48(36-38-49)44-45(3)4/h35-38,45-47,52H,6-34,39-44H2,1-5H3. The lowest BCUT2D eigenvalue weighted by atomic mass is 9.89. The Morgan fingerprint density at radius 1 is 0.556 bits per heavy atom. The lowest BCUT2D eigenvalue weighted by molar-refractivity contribution is -0.145. The van der Waals surface area contributed by atoms with Crippen molar-refractivity contribution in [3.8, 4) is 0 Å². The largest absolute Gasteiger partial charge is 0.465 e. The molecule has 54 heavy (non-hydrogen) atoms. The van der Waals surface area contributed by atoms with Gasteiger partial charge in [-0.25, -0.2) is 0 Å². The Morgan fingerprint density at radius 2 is 0.963 bits per heavy atom. The van der Waals surface area contributed by atoms with Gasteiger partial charge in [-0.3, -0.25) is 4.79 Å². The van der Waals surface area contributed by atoms with Crippen LogP contribution >= 0.6 is 0 Å². The van der Waals surface area contributed by atoms with Crippen LogP contribution in [0.1, 0.15) is 238 Å². The molecule has 1 aromatic carbocycles. The first-order valence-corrected chi connectivity index (χ1v) is 24.0. The molecule has 4 nitrogen and oxygen atoms in total. The maximum Gasteiger partial charge on any atom is 0.313 e. The molecule has 0 spiro atoms. The van der Waals surface area contributed by atoms with Crippen molar-refractivity contribution in [3.05, 3.63) is 35.4 Å². The van der Waals surface area contributed by atoms with E-state index in [9.17, 15) is 9.90 Å². The van der Waals surface area contributed by atoms with Gasteiger partial charge in [0, 0.05) is 6.61 Å². The third-order valence-corrected chi connectivity index (χ3v) is 11.7. The Hall–Kier alpha value is -1.39. The first kappa shape index (κ1) is 50.6. The molecule has 0 saturated carbocycles. The number of hydrogen-bond acceptors (Lipinski definition) is 4. The molecule has 1 rings (SSSR count). The average Bonchev–Trinajstić information content (AvgIpc) is 3.16. The minimum Gasteiger partial charge on any atom is -0.465 e. The van der Waals surface area contributed by atoms with E-state index in [4.69, 9.17) is 4.74 Å². The van der Waals surface area contributed by atoms with E-state index in [2.05, 4.69) is 56.9 Å². The lowest BCUT2D eigenvalue weighted by Gasteiger charge is -2.22. The minimum absolute atomic E-state index is 0.104. The van der Waals surface area contributed by atoms with E-state index in [1.807, 2.05) is 6.92 Å². The van der Waals surface area contributed by atoms with E-state index in [0.717, 1.165) is 50.1 Å². The van der Waals surface area contributed by atoms with E-state index < -0.39 is 0 Å². The molecule has 0 aliphatic carbocycles. The summed E-state index contributed by atoms with van der Waals surface area (Å²) in [5, 5.41) is 9.37. The first-order valence-electron chi connectivity index (χ1n) is 24.0. The van der Waals surface area contributed by atoms with Crippen LogP contribution in [0.2, 0.25) is 0 Å². The molecule has 0 aliphatic rings. The zero-order valence-corrected chi connectivity index (χ0v) is 37.0. The summed E-state index contributed by atoms with van der Waals surface area (Å²) >= 11 is 0. The molecule has 1 atom stereocenters. The highest BCUT2D eigenvalue weighted by atomic mass is 16.5. The molecule has 0 aromatic heterocycles. The van der Waals surface area contributed by atoms with Crippen molar-refractivity contribution in [1.82, 2.24) is 4.90 Å². The number of nitrogens with zero attached hydrogens (tertiary/aromatic N) is 1. The second kappa shape index (κ2) is 37.2. The smallest absolute Gasteiger partial charge is 0.313 e. The highest BCUT2D eigenvalue weighted by Gasteiger charge is 2.17. The molecule has 0 heterocycles. The summed E-state index contributed by atoms with van der Waals surface area (Å²) < 4.78 is 5.65. The Balaban J connectivity index is 2.30. The summed E-state index contributed by atoms with van der Waals surface area (Å²) in [5.74, 6) is 1.27. The monoisotopic (exact) mass is 756 g/mol. The quantitative estimate of drug-likeness (QED) is 0.0535. The van der Waals surface area contributed by atoms with Gasteiger partial charge in [0.05, 0.1) is 12.5 Å². The molecule has 4 heteroatoms. The zero-order valence-electron chi connectivity index (χ0n) is 37.0. The molecular weight excluding hydrogens is 663 g/mol. The van der Waals surface area contributed by atoms with E-state index in [1.165, 1.54) is 179 Å². The van der Waals surface area contributed by atoms with Crippen molar-refractivity contribution in [2.75, 3.05) is 32.8 Å². The third-order valence-electron chi connectivity index (χ3n) is 11.7. The maximum absolute atomic E-state index is 12.6. The molecule has 0 fully saturated rings. The van der Waals surface area contributed by atoms with Crippen LogP contribution in [0.5, 0.6) is 0 Å². The summed E-state index contributed by atoms with van der Waals surface area (Å²) in [4.78, 5) is 15.3. The Morgan fingerprint density at radius 3 is 1.43 bits per heavy atom. The van der Waals surface area contributed by atoms with Gasteiger partial charge >= 0.3 is 5.97 Å².